The van der Waals surface area contributed by atoms with E-state index in [1.165, 1.54) is 37.9 Å². The average Bonchev–Trinajstić information content (AvgIpc) is 1.57. The molecule has 126 heavy (non-hydrogen) atoms. The lowest BCUT2D eigenvalue weighted by atomic mass is 9.89. The summed E-state index contributed by atoms with van der Waals surface area (Å²) in [5.41, 5.74) is 12.3. The first-order valence-electron chi connectivity index (χ1n) is 44.0. The third kappa shape index (κ3) is 32.4. The van der Waals surface area contributed by atoms with E-state index in [0.717, 1.165) is 22.2 Å². The highest BCUT2D eigenvalue weighted by atomic mass is 32.2. The first kappa shape index (κ1) is 105. The van der Waals surface area contributed by atoms with Gasteiger partial charge in [-0.15, -0.1) is 0 Å². The first-order chi connectivity index (χ1) is 60.1. The minimum Gasteiger partial charge on any atom is -0.481 e. The SMILES string of the molecule is C/C=C\SC(=N)[C@H](Cc1ccccc1)NC(=O)[C@H](C)[C@@H](OC)[C@@H]1CCCN1C(=O)C[C@@H](OC)[C@H]([C@@H](C)CC)N(C)C(=O)[C@@H](NC(=O)[C@H](C(C)C)N(C)C(=O)OCc1ccc(NC(=O)[C@H](CCCNC(N)=O)NC(=O)[C@@H](NC(=O)CCC(=O)N(CCOCCOCCC(=O)O)C2CCN(C(=O)CCn3c(CN(C)NC)cc4ccccc43)CC2)C(C)C)cc1)C(C)C. The molecular formula is C91H140N16O18S. The molecule has 2 aliphatic heterocycles. The van der Waals surface area contributed by atoms with Gasteiger partial charge in [0.15, 0.2) is 0 Å². The Morgan fingerprint density at radius 3 is 1.97 bits per heavy atom. The van der Waals surface area contributed by atoms with E-state index in [-0.39, 0.29) is 132 Å². The van der Waals surface area contributed by atoms with E-state index in [2.05, 4.69) is 48.0 Å². The lowest BCUT2D eigenvalue weighted by molar-refractivity contribution is -0.148. The fourth-order valence-electron chi connectivity index (χ4n) is 16.2. The summed E-state index contributed by atoms with van der Waals surface area (Å²) >= 11 is 1.23. The van der Waals surface area contributed by atoms with Crippen molar-refractivity contribution in [2.24, 2.45) is 35.3 Å². The number of carboxylic acid groups (broad SMARTS) is 1. The van der Waals surface area contributed by atoms with Gasteiger partial charge in [0.05, 0.1) is 87.1 Å². The van der Waals surface area contributed by atoms with E-state index in [0.29, 0.717) is 82.5 Å². The Morgan fingerprint density at radius 1 is 0.690 bits per heavy atom. The zero-order chi connectivity index (χ0) is 92.9. The van der Waals surface area contributed by atoms with Crippen molar-refractivity contribution in [3.05, 3.63) is 113 Å². The van der Waals surface area contributed by atoms with Crippen molar-refractivity contribution >= 4 is 105 Å². The molecule has 35 heteroatoms. The van der Waals surface area contributed by atoms with E-state index in [1.54, 1.807) is 99.9 Å². The van der Waals surface area contributed by atoms with E-state index in [9.17, 15) is 52.7 Å². The summed E-state index contributed by atoms with van der Waals surface area (Å²) in [6.45, 7) is 20.8. The zero-order valence-electron chi connectivity index (χ0n) is 76.6. The topological polar surface area (TPSA) is 430 Å². The Labute approximate surface area is 747 Å². The van der Waals surface area contributed by atoms with Crippen LogP contribution in [0.3, 0.4) is 0 Å². The van der Waals surface area contributed by atoms with Crippen molar-refractivity contribution in [3.63, 3.8) is 0 Å². The third-order valence-corrected chi connectivity index (χ3v) is 24.4. The summed E-state index contributed by atoms with van der Waals surface area (Å²) in [5.74, 6) is -7.24. The summed E-state index contributed by atoms with van der Waals surface area (Å²) < 4.78 is 31.4. The van der Waals surface area contributed by atoms with Gasteiger partial charge in [-0.2, -0.15) is 0 Å². The smallest absolute Gasteiger partial charge is 0.410 e. The number of methoxy groups -OCH3 is 2. The summed E-state index contributed by atoms with van der Waals surface area (Å²) in [6, 6.07) is 18.8. The van der Waals surface area contributed by atoms with Crippen LogP contribution in [0.2, 0.25) is 0 Å². The number of rotatable bonds is 53. The number of hydrogen-bond acceptors (Lipinski definition) is 21. The van der Waals surface area contributed by atoms with Crippen LogP contribution in [0.25, 0.3) is 10.9 Å². The van der Waals surface area contributed by atoms with Gasteiger partial charge in [-0.1, -0.05) is 147 Å². The number of primary amides is 1. The van der Waals surface area contributed by atoms with Crippen LogP contribution in [-0.2, 0) is 97.7 Å². The second-order valence-corrected chi connectivity index (χ2v) is 34.5. The lowest BCUT2D eigenvalue weighted by Crippen LogP contribution is -2.60. The van der Waals surface area contributed by atoms with Crippen molar-refractivity contribution in [1.82, 2.24) is 66.1 Å². The number of aliphatic carboxylic acids is 1. The zero-order valence-corrected chi connectivity index (χ0v) is 77.4. The monoisotopic (exact) mass is 1780 g/mol. The number of anilines is 1. The minimum atomic E-state index is -1.21. The summed E-state index contributed by atoms with van der Waals surface area (Å²) in [4.78, 5) is 174. The molecule has 0 spiro atoms. The molecule has 11 atom stereocenters. The van der Waals surface area contributed by atoms with Gasteiger partial charge in [0.1, 0.15) is 30.8 Å². The van der Waals surface area contributed by atoms with Crippen molar-refractivity contribution < 1.29 is 86.3 Å². The van der Waals surface area contributed by atoms with E-state index in [1.807, 2.05) is 105 Å². The number of aryl methyl sites for hydroxylation is 1. The number of hydrogen-bond donors (Lipinski definition) is 10. The van der Waals surface area contributed by atoms with Crippen LogP contribution in [0.1, 0.15) is 163 Å². The maximum atomic E-state index is 15.0. The standard InChI is InChI=1S/C91H140N16O18S/c1-17-52-126-84(92)70(53-63-26-20-19-21-27-63)98-85(114)62(10)83(122-16)72-31-25-43-107(72)77(111)55-73(121-15)82(61(9)18-2)102(13)89(118)80(59(5)6)100-88(117)81(60(7)8)103(14)91(120)125-57-64-32-34-66(35-33-64)96-86(115)69(29-24-42-95-90(93)119)97-87(116)79(58(3)4)99-74(108)36-37-76(110)106(47-49-124-51-50-123-48-41-78(112)113)67-38-44-104(45-39-67)75(109)40-46-105-68(56-101(12)94-11)54-65-28-22-23-30-71(65)105/h17,19-23,26-28,30,32-35,52,54,58-62,67,69-70,72-73,79-83,92,94H,18,24-25,29,31,36-51,53,55-57H2,1-16H3,(H,96,115)(H,97,116)(H,98,114)(H,99,108)(H,100,117)(H,112,113)(H3,93,95,119)/b52-17-,92-84?/t61-,62+,69-,70-,72-,73+,79-,80-,81-,82-,83+/m0/s1. The second-order valence-electron chi connectivity index (χ2n) is 33.6. The molecule has 0 aliphatic carbocycles. The predicted molar refractivity (Wildman–Crippen MR) is 484 cm³/mol. The molecule has 3 aromatic carbocycles. The molecule has 34 nitrogen and oxygen atoms in total. The number of allylic oxidation sites excluding steroid dienone is 1. The molecule has 6 rings (SSSR count). The number of benzene rings is 3. The normalized spacial score (nSPS) is 16.1. The van der Waals surface area contributed by atoms with Crippen LogP contribution in [0.4, 0.5) is 15.3 Å². The Kier molecular flexibility index (Phi) is 44.5. The van der Waals surface area contributed by atoms with E-state index < -0.39 is 126 Å². The van der Waals surface area contributed by atoms with Crippen LogP contribution in [-0.4, -0.2) is 278 Å². The number of urea groups is 1. The van der Waals surface area contributed by atoms with E-state index >= 15 is 4.79 Å². The Balaban J connectivity index is 1.04. The Morgan fingerprint density at radius 2 is 1.35 bits per heavy atom. The molecule has 1 aromatic heterocycles. The van der Waals surface area contributed by atoms with Gasteiger partial charge < -0.3 is 90.6 Å². The van der Waals surface area contributed by atoms with Gasteiger partial charge in [0.25, 0.3) is 0 Å². The number of thioether (sulfide) groups is 1. The van der Waals surface area contributed by atoms with Gasteiger partial charge in [-0.25, -0.2) is 14.6 Å². The number of nitrogens with one attached hydrogen (secondary N) is 8. The molecule has 2 saturated heterocycles. The molecule has 0 saturated carbocycles. The highest BCUT2D eigenvalue weighted by Gasteiger charge is 2.45. The summed E-state index contributed by atoms with van der Waals surface area (Å²) in [7, 11) is 9.89. The summed E-state index contributed by atoms with van der Waals surface area (Å²) in [5, 5.41) is 39.9. The lowest BCUT2D eigenvalue weighted by Gasteiger charge is -2.41. The predicted octanol–water partition coefficient (Wildman–Crippen LogP) is 8.04. The average molecular weight is 1780 g/mol. The van der Waals surface area contributed by atoms with Crippen molar-refractivity contribution in [1.29, 1.82) is 5.41 Å². The van der Waals surface area contributed by atoms with Crippen molar-refractivity contribution in [3.8, 4) is 0 Å². The fraction of sp³-hybridized carbons (Fsp3) is 0.615. The number of piperidine rings is 1. The molecular weight excluding hydrogens is 1640 g/mol. The number of carbonyl (C=O) groups is 12. The van der Waals surface area contributed by atoms with Gasteiger partial charge >= 0.3 is 18.1 Å². The number of amides is 12. The van der Waals surface area contributed by atoms with Crippen molar-refractivity contribution in [2.45, 2.75) is 233 Å². The number of ether oxygens (including phenoxy) is 5. The molecule has 3 heterocycles. The minimum absolute atomic E-state index is 0.0130. The molecule has 0 radical (unpaired) electrons. The largest absolute Gasteiger partial charge is 0.481 e. The van der Waals surface area contributed by atoms with Crippen LogP contribution in [0.15, 0.2) is 96.4 Å². The number of aromatic nitrogens is 1. The van der Waals surface area contributed by atoms with Gasteiger partial charge in [-0.05, 0) is 129 Å². The number of para-hydroxylation sites is 1. The van der Waals surface area contributed by atoms with Gasteiger partial charge in [0, 0.05) is 117 Å². The molecule has 698 valence electrons. The molecule has 0 bridgehead atoms. The fourth-order valence-corrected chi connectivity index (χ4v) is 16.8. The van der Waals surface area contributed by atoms with E-state index in [4.69, 9.17) is 39.9 Å². The maximum absolute atomic E-state index is 15.0. The highest BCUT2D eigenvalue weighted by Crippen LogP contribution is 2.32. The van der Waals surface area contributed by atoms with Crippen LogP contribution >= 0.6 is 11.8 Å². The molecule has 12 amide bonds. The number of likely N-dealkylation sites (N-methyl/N-ethyl adjacent to an activating group) is 2. The third-order valence-electron chi connectivity index (χ3n) is 23.5. The van der Waals surface area contributed by atoms with Gasteiger partial charge in [-0.3, -0.25) is 63.7 Å². The number of hydrazine groups is 1. The number of carbonyl (C=O) groups excluding carboxylic acids is 11. The van der Waals surface area contributed by atoms with Gasteiger partial charge in [0.2, 0.25) is 53.2 Å². The highest BCUT2D eigenvalue weighted by molar-refractivity contribution is 8.16. The Bertz CT molecular complexity index is 4220. The van der Waals surface area contributed by atoms with Crippen LogP contribution < -0.4 is 43.1 Å². The van der Waals surface area contributed by atoms with Crippen molar-refractivity contribution in [2.75, 3.05) is 107 Å². The molecule has 4 aromatic rings. The molecule has 2 fully saturated rings. The molecule has 2 aliphatic rings. The maximum Gasteiger partial charge on any atom is 0.410 e. The number of nitrogens with two attached hydrogens (primary N) is 1. The number of nitrogens with zero attached hydrogens (tertiary/aromatic N) is 7. The number of likely N-dealkylation sites (tertiary alicyclic amines) is 2. The number of carboxylic acids is 1. The van der Waals surface area contributed by atoms with Crippen LogP contribution in [0, 0.1) is 35.0 Å². The second kappa shape index (κ2) is 53.6. The molecule has 0 unspecified atom stereocenters. The Hall–Kier alpha value is -10.0. The van der Waals surface area contributed by atoms with Crippen LogP contribution in [0.5, 0.6) is 0 Å². The quantitative estimate of drug-likeness (QED) is 0.00864. The summed E-state index contributed by atoms with van der Waals surface area (Å²) in [6.07, 6.45) is 2.36. The first-order valence-corrected chi connectivity index (χ1v) is 44.9. The molecule has 11 N–H and O–H groups in total. The number of fused-ring (bicyclic) bond motifs is 1.